The van der Waals surface area contributed by atoms with Gasteiger partial charge in [0.25, 0.3) is 5.91 Å². The maximum atomic E-state index is 13.1. The van der Waals surface area contributed by atoms with Crippen molar-refractivity contribution in [3.8, 4) is 0 Å². The van der Waals surface area contributed by atoms with E-state index in [4.69, 9.17) is 9.84 Å². The smallest absolute Gasteiger partial charge is 0.336 e. The molecule has 7 heteroatoms. The van der Waals surface area contributed by atoms with Gasteiger partial charge in [-0.05, 0) is 32.4 Å². The molecule has 0 spiro atoms. The summed E-state index contributed by atoms with van der Waals surface area (Å²) in [6.45, 7) is 4.42. The average Bonchev–Trinajstić information content (AvgIpc) is 2.40. The zero-order valence-corrected chi connectivity index (χ0v) is 11.8. The van der Waals surface area contributed by atoms with Crippen LogP contribution in [0.15, 0.2) is 12.1 Å². The van der Waals surface area contributed by atoms with E-state index in [1.165, 1.54) is 0 Å². The minimum absolute atomic E-state index is 0.0745. The molecule has 1 amide bonds. The normalized spacial score (nSPS) is 10.7. The number of benzene rings is 1. The number of carbonyl (C=O) groups excluding carboxylic acids is 1. The fourth-order valence-corrected chi connectivity index (χ4v) is 1.60. The maximum absolute atomic E-state index is 13.1. The van der Waals surface area contributed by atoms with Gasteiger partial charge >= 0.3 is 5.97 Å². The Morgan fingerprint density at radius 1 is 1.24 bits per heavy atom. The Balaban J connectivity index is 2.69. The lowest BCUT2D eigenvalue weighted by molar-refractivity contribution is 0.0687. The first-order chi connectivity index (χ1) is 9.82. The minimum atomic E-state index is -1.50. The quantitative estimate of drug-likeness (QED) is 0.757. The average molecular weight is 301 g/mol. The van der Waals surface area contributed by atoms with Crippen LogP contribution in [-0.2, 0) is 4.74 Å². The lowest BCUT2D eigenvalue weighted by atomic mass is 10.1. The van der Waals surface area contributed by atoms with E-state index < -0.39 is 34.6 Å². The summed E-state index contributed by atoms with van der Waals surface area (Å²) in [6.07, 6.45) is 0.598. The van der Waals surface area contributed by atoms with Crippen LogP contribution in [0.5, 0.6) is 0 Å². The molecule has 0 aliphatic carbocycles. The van der Waals surface area contributed by atoms with Gasteiger partial charge in [-0.25, -0.2) is 13.6 Å². The van der Waals surface area contributed by atoms with Crippen LogP contribution in [-0.4, -0.2) is 36.2 Å². The summed E-state index contributed by atoms with van der Waals surface area (Å²) in [6, 6.07) is 1.08. The van der Waals surface area contributed by atoms with Crippen LogP contribution in [0.4, 0.5) is 8.78 Å². The predicted octanol–water partition coefficient (Wildman–Crippen LogP) is 2.21. The fraction of sp³-hybridized carbons (Fsp3) is 0.429. The molecule has 1 rings (SSSR count). The third-order valence-electron chi connectivity index (χ3n) is 2.59. The zero-order valence-electron chi connectivity index (χ0n) is 11.8. The summed E-state index contributed by atoms with van der Waals surface area (Å²) < 4.78 is 31.4. The molecule has 0 aliphatic rings. The lowest BCUT2D eigenvalue weighted by Crippen LogP contribution is -2.27. The number of rotatable bonds is 7. The van der Waals surface area contributed by atoms with Gasteiger partial charge in [0.05, 0.1) is 17.2 Å². The van der Waals surface area contributed by atoms with Crippen molar-refractivity contribution in [1.82, 2.24) is 5.32 Å². The molecule has 1 aromatic rings. The molecule has 0 heterocycles. The van der Waals surface area contributed by atoms with Crippen LogP contribution in [0, 0.1) is 11.6 Å². The summed E-state index contributed by atoms with van der Waals surface area (Å²) in [5, 5.41) is 11.4. The van der Waals surface area contributed by atoms with Gasteiger partial charge in [-0.2, -0.15) is 0 Å². The summed E-state index contributed by atoms with van der Waals surface area (Å²) in [4.78, 5) is 22.8. The lowest BCUT2D eigenvalue weighted by Gasteiger charge is -2.10. The molecule has 0 saturated carbocycles. The van der Waals surface area contributed by atoms with Crippen molar-refractivity contribution in [2.24, 2.45) is 0 Å². The predicted molar refractivity (Wildman–Crippen MR) is 71.4 cm³/mol. The van der Waals surface area contributed by atoms with Crippen LogP contribution < -0.4 is 5.32 Å². The van der Waals surface area contributed by atoms with E-state index >= 15 is 0 Å². The van der Waals surface area contributed by atoms with E-state index in [0.29, 0.717) is 25.2 Å². The van der Waals surface area contributed by atoms with E-state index in [9.17, 15) is 18.4 Å². The van der Waals surface area contributed by atoms with Crippen molar-refractivity contribution in [1.29, 1.82) is 0 Å². The Bertz CT molecular complexity index is 532. The van der Waals surface area contributed by atoms with Crippen molar-refractivity contribution in [3.05, 3.63) is 34.9 Å². The number of nitrogens with one attached hydrogen (secondary N) is 1. The first-order valence-corrected chi connectivity index (χ1v) is 6.45. The first kappa shape index (κ1) is 17.0. The molecular weight excluding hydrogens is 284 g/mol. The first-order valence-electron chi connectivity index (χ1n) is 6.45. The minimum Gasteiger partial charge on any atom is -0.478 e. The molecule has 0 radical (unpaired) electrons. The Morgan fingerprint density at radius 3 is 2.33 bits per heavy atom. The van der Waals surface area contributed by atoms with Crippen molar-refractivity contribution in [2.75, 3.05) is 13.2 Å². The van der Waals surface area contributed by atoms with Gasteiger partial charge < -0.3 is 15.2 Å². The molecule has 116 valence electrons. The number of hydrogen-bond acceptors (Lipinski definition) is 3. The van der Waals surface area contributed by atoms with E-state index in [0.717, 1.165) is 0 Å². The van der Waals surface area contributed by atoms with Gasteiger partial charge in [-0.1, -0.05) is 0 Å². The van der Waals surface area contributed by atoms with E-state index in [1.54, 1.807) is 0 Å². The van der Waals surface area contributed by atoms with Crippen LogP contribution in [0.3, 0.4) is 0 Å². The fourth-order valence-electron chi connectivity index (χ4n) is 1.60. The third-order valence-corrected chi connectivity index (χ3v) is 2.59. The summed E-state index contributed by atoms with van der Waals surface area (Å²) >= 11 is 0. The van der Waals surface area contributed by atoms with E-state index in [1.807, 2.05) is 13.8 Å². The molecule has 0 bridgehead atoms. The Labute approximate surface area is 120 Å². The molecular formula is C14H17F2NO4. The summed E-state index contributed by atoms with van der Waals surface area (Å²) in [7, 11) is 0. The monoisotopic (exact) mass is 301 g/mol. The highest BCUT2D eigenvalue weighted by Crippen LogP contribution is 2.15. The van der Waals surface area contributed by atoms with Gasteiger partial charge in [0, 0.05) is 13.2 Å². The van der Waals surface area contributed by atoms with Crippen molar-refractivity contribution >= 4 is 11.9 Å². The highest BCUT2D eigenvalue weighted by molar-refractivity contribution is 6.04. The summed E-state index contributed by atoms with van der Waals surface area (Å²) in [5.41, 5.74) is -0.990. The van der Waals surface area contributed by atoms with Crippen molar-refractivity contribution < 1.29 is 28.2 Å². The number of aromatic carboxylic acids is 1. The van der Waals surface area contributed by atoms with E-state index in [2.05, 4.69) is 5.32 Å². The second kappa shape index (κ2) is 7.68. The molecule has 0 aromatic heterocycles. The Kier molecular flexibility index (Phi) is 6.23. The van der Waals surface area contributed by atoms with Gasteiger partial charge in [0.2, 0.25) is 0 Å². The van der Waals surface area contributed by atoms with Crippen molar-refractivity contribution in [3.63, 3.8) is 0 Å². The summed E-state index contributed by atoms with van der Waals surface area (Å²) in [5.74, 6) is -4.85. The molecule has 0 atom stereocenters. The molecule has 5 nitrogen and oxygen atoms in total. The van der Waals surface area contributed by atoms with E-state index in [-0.39, 0.29) is 12.6 Å². The standard InChI is InChI=1S/C14H17F2NO4/c1-8(2)21-5-3-4-17-13(18)9-6-11(15)12(16)7-10(9)14(19)20/h6-8H,3-5H2,1-2H3,(H,17,18)(H,19,20). The largest absolute Gasteiger partial charge is 0.478 e. The van der Waals surface area contributed by atoms with Gasteiger partial charge in [0.15, 0.2) is 11.6 Å². The highest BCUT2D eigenvalue weighted by atomic mass is 19.2. The Hall–Kier alpha value is -2.02. The molecule has 0 fully saturated rings. The maximum Gasteiger partial charge on any atom is 0.336 e. The number of ether oxygens (including phenoxy) is 1. The number of hydrogen-bond donors (Lipinski definition) is 2. The molecule has 21 heavy (non-hydrogen) atoms. The molecule has 1 aromatic carbocycles. The molecule has 2 N–H and O–H groups in total. The number of carbonyl (C=O) groups is 2. The van der Waals surface area contributed by atoms with Gasteiger partial charge in [-0.15, -0.1) is 0 Å². The second-order valence-corrected chi connectivity index (χ2v) is 4.65. The van der Waals surface area contributed by atoms with Crippen LogP contribution in [0.25, 0.3) is 0 Å². The van der Waals surface area contributed by atoms with Crippen LogP contribution in [0.2, 0.25) is 0 Å². The molecule has 0 saturated heterocycles. The highest BCUT2D eigenvalue weighted by Gasteiger charge is 2.20. The third kappa shape index (κ3) is 5.11. The van der Waals surface area contributed by atoms with Crippen LogP contribution in [0.1, 0.15) is 41.0 Å². The Morgan fingerprint density at radius 2 is 1.81 bits per heavy atom. The van der Waals surface area contributed by atoms with Crippen LogP contribution >= 0.6 is 0 Å². The zero-order chi connectivity index (χ0) is 16.0. The topological polar surface area (TPSA) is 75.6 Å². The number of carboxylic acid groups (broad SMARTS) is 1. The van der Waals surface area contributed by atoms with Gasteiger partial charge in [0.1, 0.15) is 0 Å². The second-order valence-electron chi connectivity index (χ2n) is 4.65. The van der Waals surface area contributed by atoms with Crippen molar-refractivity contribution in [2.45, 2.75) is 26.4 Å². The molecule has 0 unspecified atom stereocenters. The number of carboxylic acids is 1. The number of amides is 1. The molecule has 0 aliphatic heterocycles. The van der Waals surface area contributed by atoms with Gasteiger partial charge in [-0.3, -0.25) is 4.79 Å². The number of halogens is 2. The SMILES string of the molecule is CC(C)OCCCNC(=O)c1cc(F)c(F)cc1C(=O)O.